The molecular formula is C46H36S4. The van der Waals surface area contributed by atoms with Gasteiger partial charge < -0.3 is 0 Å². The van der Waals surface area contributed by atoms with Crippen LogP contribution in [0, 0.1) is 0 Å². The van der Waals surface area contributed by atoms with Gasteiger partial charge in [-0.1, -0.05) is 97.1 Å². The minimum absolute atomic E-state index is 1.01. The Balaban J connectivity index is 1.08. The Kier molecular flexibility index (Phi) is 8.25. The van der Waals surface area contributed by atoms with Gasteiger partial charge in [-0.25, -0.2) is 0 Å². The summed E-state index contributed by atoms with van der Waals surface area (Å²) in [7, 11) is 0. The molecule has 0 fully saturated rings. The van der Waals surface area contributed by atoms with Gasteiger partial charge in [-0.05, 0) is 123 Å². The predicted molar refractivity (Wildman–Crippen MR) is 227 cm³/mol. The van der Waals surface area contributed by atoms with E-state index in [1.165, 1.54) is 98.4 Å². The van der Waals surface area contributed by atoms with Crippen molar-refractivity contribution in [1.29, 1.82) is 0 Å². The second-order valence-corrected chi connectivity index (χ2v) is 17.9. The van der Waals surface area contributed by atoms with Gasteiger partial charge in [0.05, 0.1) is 0 Å². The number of rotatable bonds is 0. The van der Waals surface area contributed by atoms with E-state index in [0.717, 1.165) is 46.0 Å². The van der Waals surface area contributed by atoms with Crippen molar-refractivity contribution in [3.05, 3.63) is 166 Å². The maximum absolute atomic E-state index is 2.53. The highest BCUT2D eigenvalue weighted by molar-refractivity contribution is 7.98. The van der Waals surface area contributed by atoms with Crippen LogP contribution in [0.5, 0.6) is 0 Å². The van der Waals surface area contributed by atoms with Crippen molar-refractivity contribution in [1.82, 2.24) is 0 Å². The molecule has 6 heterocycles. The summed E-state index contributed by atoms with van der Waals surface area (Å²) in [5.41, 5.74) is 11.6. The predicted octanol–water partition coefficient (Wildman–Crippen LogP) is 13.8. The zero-order valence-electron chi connectivity index (χ0n) is 27.8. The lowest BCUT2D eigenvalue weighted by atomic mass is 9.98. The summed E-state index contributed by atoms with van der Waals surface area (Å²) >= 11 is 8.22. The Hall–Kier alpha value is -3.54. The fourth-order valence-electron chi connectivity index (χ4n) is 7.84. The van der Waals surface area contributed by atoms with Crippen LogP contribution >= 0.6 is 47.0 Å². The average molecular weight is 717 g/mol. The van der Waals surface area contributed by atoms with Crippen molar-refractivity contribution in [3.63, 3.8) is 0 Å². The maximum atomic E-state index is 2.53. The Labute approximate surface area is 310 Å². The Morgan fingerprint density at radius 3 is 0.740 bits per heavy atom. The average Bonchev–Trinajstić information content (AvgIpc) is 3.14. The van der Waals surface area contributed by atoms with E-state index in [-0.39, 0.29) is 0 Å². The molecule has 14 bridgehead atoms. The van der Waals surface area contributed by atoms with Gasteiger partial charge >= 0.3 is 0 Å². The Morgan fingerprint density at radius 1 is 0.240 bits per heavy atom. The quantitative estimate of drug-likeness (QED) is 0.143. The van der Waals surface area contributed by atoms with Gasteiger partial charge in [0.15, 0.2) is 0 Å². The molecule has 0 aromatic heterocycles. The summed E-state index contributed by atoms with van der Waals surface area (Å²) in [6.45, 7) is 0. The molecule has 244 valence electrons. The molecule has 6 aliphatic rings. The van der Waals surface area contributed by atoms with Crippen molar-refractivity contribution in [2.24, 2.45) is 0 Å². The number of thioether (sulfide) groups is 4. The van der Waals surface area contributed by atoms with Gasteiger partial charge in [0.1, 0.15) is 0 Å². The number of hydrogen-bond acceptors (Lipinski definition) is 4. The van der Waals surface area contributed by atoms with Crippen LogP contribution in [0.15, 0.2) is 121 Å². The number of benzene rings is 8. The SMILES string of the molecule is c1cc2ccc3ccc4cc3c2cc1CSCc1cc2cc3c(cc2cc1CSCc1ccc2ccc5ccc(cc5c2c1)CSC3)CSC4. The van der Waals surface area contributed by atoms with E-state index in [4.69, 9.17) is 0 Å². The third-order valence-electron chi connectivity index (χ3n) is 10.5. The summed E-state index contributed by atoms with van der Waals surface area (Å²) in [6, 6.07) is 47.7. The first-order valence-electron chi connectivity index (χ1n) is 17.5. The van der Waals surface area contributed by atoms with Crippen LogP contribution in [0.4, 0.5) is 0 Å². The molecule has 4 heteroatoms. The van der Waals surface area contributed by atoms with Gasteiger partial charge in [-0.3, -0.25) is 0 Å². The summed E-state index contributed by atoms with van der Waals surface area (Å²) in [4.78, 5) is 0. The van der Waals surface area contributed by atoms with Gasteiger partial charge in [0, 0.05) is 46.0 Å². The summed E-state index contributed by atoms with van der Waals surface area (Å²) in [6.07, 6.45) is 0. The van der Waals surface area contributed by atoms with Crippen molar-refractivity contribution < 1.29 is 0 Å². The second-order valence-electron chi connectivity index (χ2n) is 13.9. The molecule has 0 radical (unpaired) electrons. The Morgan fingerprint density at radius 2 is 0.480 bits per heavy atom. The second kappa shape index (κ2) is 13.2. The summed E-state index contributed by atoms with van der Waals surface area (Å²) < 4.78 is 0. The lowest BCUT2D eigenvalue weighted by Gasteiger charge is -2.17. The molecule has 50 heavy (non-hydrogen) atoms. The molecule has 0 atom stereocenters. The van der Waals surface area contributed by atoms with E-state index >= 15 is 0 Å². The minimum atomic E-state index is 1.01. The van der Waals surface area contributed by atoms with Crippen LogP contribution in [0.1, 0.15) is 44.5 Å². The van der Waals surface area contributed by atoms with Crippen LogP contribution in [0.25, 0.3) is 53.9 Å². The molecule has 0 saturated heterocycles. The Bertz CT molecular complexity index is 2260. The normalized spacial score (nSPS) is 15.4. The van der Waals surface area contributed by atoms with Crippen molar-refractivity contribution in [3.8, 4) is 0 Å². The van der Waals surface area contributed by atoms with Gasteiger partial charge in [-0.15, -0.1) is 0 Å². The van der Waals surface area contributed by atoms with E-state index in [1.807, 2.05) is 0 Å². The molecule has 0 unspecified atom stereocenters. The van der Waals surface area contributed by atoms with Gasteiger partial charge in [-0.2, -0.15) is 47.0 Å². The van der Waals surface area contributed by atoms with E-state index in [9.17, 15) is 0 Å². The molecule has 0 amide bonds. The fraction of sp³-hybridized carbons (Fsp3) is 0.174. The van der Waals surface area contributed by atoms with Crippen LogP contribution in [0.2, 0.25) is 0 Å². The molecule has 6 aliphatic heterocycles. The highest BCUT2D eigenvalue weighted by Crippen LogP contribution is 2.37. The summed E-state index contributed by atoms with van der Waals surface area (Å²) in [5, 5.41) is 13.6. The standard InChI is InChI=1S/C46H36S4/c1-5-33-9-10-34-6-2-30-14-44(34)43(33)13-29(1)21-47-25-39-17-37-19-41-28-50-24-32-4-8-36-12-11-35-7-3-31(15-45(35)46(36)16-32)23-49-26-40(39)18-38(37)20-42(41)27-48-22-30/h1-20H,21-28H2. The van der Waals surface area contributed by atoms with Crippen molar-refractivity contribution >= 4 is 101 Å². The van der Waals surface area contributed by atoms with Crippen molar-refractivity contribution in [2.75, 3.05) is 0 Å². The smallest absolute Gasteiger partial charge is 0.0191 e. The molecule has 14 rings (SSSR count). The van der Waals surface area contributed by atoms with Gasteiger partial charge in [0.2, 0.25) is 0 Å². The zero-order valence-corrected chi connectivity index (χ0v) is 31.1. The van der Waals surface area contributed by atoms with Crippen LogP contribution in [-0.4, -0.2) is 0 Å². The topological polar surface area (TPSA) is 0 Å². The maximum Gasteiger partial charge on any atom is 0.0191 e. The van der Waals surface area contributed by atoms with E-state index in [1.54, 1.807) is 0 Å². The molecule has 0 spiro atoms. The van der Waals surface area contributed by atoms with E-state index in [0.29, 0.717) is 0 Å². The van der Waals surface area contributed by atoms with E-state index in [2.05, 4.69) is 168 Å². The van der Waals surface area contributed by atoms with Crippen LogP contribution in [0.3, 0.4) is 0 Å². The highest BCUT2D eigenvalue weighted by Gasteiger charge is 2.14. The molecule has 8 aromatic carbocycles. The molecule has 0 aliphatic carbocycles. The minimum Gasteiger partial charge on any atom is -0.152 e. The number of hydrogen-bond donors (Lipinski definition) is 0. The van der Waals surface area contributed by atoms with Gasteiger partial charge in [0.25, 0.3) is 0 Å². The monoisotopic (exact) mass is 716 g/mol. The lowest BCUT2D eigenvalue weighted by Crippen LogP contribution is -1.97. The first-order chi connectivity index (χ1) is 24.7. The van der Waals surface area contributed by atoms with Crippen molar-refractivity contribution in [2.45, 2.75) is 46.0 Å². The third-order valence-corrected chi connectivity index (χ3v) is 14.7. The molecule has 0 saturated carbocycles. The van der Waals surface area contributed by atoms with Crippen LogP contribution < -0.4 is 0 Å². The summed E-state index contributed by atoms with van der Waals surface area (Å²) in [5.74, 6) is 8.14. The first kappa shape index (κ1) is 31.2. The zero-order chi connectivity index (χ0) is 33.0. The van der Waals surface area contributed by atoms with Crippen LogP contribution in [-0.2, 0) is 46.0 Å². The lowest BCUT2D eigenvalue weighted by molar-refractivity contribution is 1.26. The molecule has 0 N–H and O–H groups in total. The highest BCUT2D eigenvalue weighted by atomic mass is 32.2. The largest absolute Gasteiger partial charge is 0.152 e. The fourth-order valence-corrected chi connectivity index (χ4v) is 11.9. The molecular weight excluding hydrogens is 681 g/mol. The molecule has 0 nitrogen and oxygen atoms in total. The first-order valence-corrected chi connectivity index (χ1v) is 22.1. The van der Waals surface area contributed by atoms with E-state index < -0.39 is 0 Å². The third kappa shape index (κ3) is 5.98. The molecule has 8 aromatic rings.